The molecule has 4 aliphatic rings. The van der Waals surface area contributed by atoms with Gasteiger partial charge in [0.1, 0.15) is 0 Å². The van der Waals surface area contributed by atoms with Gasteiger partial charge in [0.2, 0.25) is 0 Å². The minimum Gasteiger partial charge on any atom is -0.405 e. The zero-order valence-electron chi connectivity index (χ0n) is 85.8. The van der Waals surface area contributed by atoms with E-state index in [0.717, 1.165) is 0 Å². The van der Waals surface area contributed by atoms with Crippen LogP contribution in [0.1, 0.15) is 157 Å². The highest BCUT2D eigenvalue weighted by molar-refractivity contribution is 9.10. The average molecular weight is 1340 g/mol. The number of fused-ring (bicyclic) bond motifs is 3. The molecule has 8 nitrogen and oxygen atoms in total. The van der Waals surface area contributed by atoms with Gasteiger partial charge in [0.15, 0.2) is 0 Å². The maximum atomic E-state index is 9.96. The lowest BCUT2D eigenvalue weighted by Crippen LogP contribution is -2.41. The van der Waals surface area contributed by atoms with Gasteiger partial charge in [-0.25, -0.2) is 0 Å². The largest absolute Gasteiger partial charge is 0.494 e. The Kier molecular flexibility index (Phi) is 11.5. The van der Waals surface area contributed by atoms with E-state index in [9.17, 15) is 4.39 Å². The van der Waals surface area contributed by atoms with Gasteiger partial charge in [0.25, 0.3) is 0 Å². The van der Waals surface area contributed by atoms with E-state index in [-0.39, 0.29) is 141 Å². The smallest absolute Gasteiger partial charge is 0.405 e. The number of alkyl halides is 1. The Morgan fingerprint density at radius 1 is 0.326 bits per heavy atom. The minimum atomic E-state index is -1.19. The van der Waals surface area contributed by atoms with E-state index in [2.05, 4.69) is 15.9 Å². The van der Waals surface area contributed by atoms with Crippen molar-refractivity contribution in [1.82, 2.24) is 0 Å². The van der Waals surface area contributed by atoms with E-state index in [1.165, 1.54) is 0 Å². The summed E-state index contributed by atoms with van der Waals surface area (Å²) in [6, 6.07) is -16.3. The number of benzene rings is 9. The highest BCUT2D eigenvalue weighted by Crippen LogP contribution is 2.44. The molecule has 16 heteroatoms. The van der Waals surface area contributed by atoms with Crippen LogP contribution in [0.5, 0.6) is 0 Å². The molecule has 0 saturated carbocycles. The van der Waals surface area contributed by atoms with E-state index < -0.39 is 219 Å². The third kappa shape index (κ3) is 16.5. The summed E-state index contributed by atoms with van der Waals surface area (Å²) in [5, 5.41) is -1.76. The molecule has 0 bridgehead atoms. The Bertz CT molecular complexity index is 5560. The fourth-order valence-corrected chi connectivity index (χ4v) is 8.57. The summed E-state index contributed by atoms with van der Waals surface area (Å²) in [6.07, 6.45) is 0. The summed E-state index contributed by atoms with van der Waals surface area (Å²) in [5.41, 5.74) is -6.09. The van der Waals surface area contributed by atoms with Gasteiger partial charge in [-0.3, -0.25) is 4.39 Å². The van der Waals surface area contributed by atoms with Crippen LogP contribution in [0.4, 0.5) is 4.39 Å². The van der Waals surface area contributed by atoms with Crippen molar-refractivity contribution < 1.29 is 88.2 Å². The lowest BCUT2D eigenvalue weighted by molar-refractivity contribution is 0.00578. The second kappa shape index (κ2) is 27.9. The van der Waals surface area contributed by atoms with Crippen LogP contribution in [0.15, 0.2) is 204 Å². The second-order valence-electron chi connectivity index (χ2n) is 24.1. The van der Waals surface area contributed by atoms with Gasteiger partial charge in [-0.1, -0.05) is 190 Å². The summed E-state index contributed by atoms with van der Waals surface area (Å²) in [7, 11) is -4.10. The van der Waals surface area contributed by atoms with Crippen LogP contribution in [-0.2, 0) is 37.2 Å². The zero-order valence-corrected chi connectivity index (χ0v) is 54.9. The molecule has 0 radical (unpaired) electrons. The molecular formula is C73H84B4BrCl2FO8. The zero-order chi connectivity index (χ0) is 94.4. The molecule has 0 spiro atoms. The van der Waals surface area contributed by atoms with Gasteiger partial charge in [-0.2, -0.15) is 0 Å². The maximum absolute atomic E-state index is 9.96. The molecule has 4 saturated heterocycles. The van der Waals surface area contributed by atoms with Gasteiger partial charge in [0.05, 0.1) is 98.6 Å². The predicted octanol–water partition coefficient (Wildman–Crippen LogP) is 19.0. The quantitative estimate of drug-likeness (QED) is 0.158. The van der Waals surface area contributed by atoms with Crippen LogP contribution in [0.25, 0.3) is 54.6 Å². The highest BCUT2D eigenvalue weighted by Gasteiger charge is 2.64. The van der Waals surface area contributed by atoms with Crippen molar-refractivity contribution in [1.29, 1.82) is 0 Å². The standard InChI is InChI=1S/C22H23BO2.C16H11Cl.C12H24B2O4.C12H17BO2.C10H6BrCl.CH3F/c1-21(2)22(3,4)25-23(24-21)20-13-12-18-14-17(10-11-19(18)15-20)16-8-6-5-7-9-16;17-16-9-8-14-10-13(6-7-15(14)11-16)12-4-2-1-3-5-12;1-9(2)10(3,4)16-13(15-9)14-17-11(5,6)12(7,8)18-14;1-11(2)12(3,4)15-13(14-11)10-8-6-5-7-9-10;11-9-3-1-8-6-10(12)4-2-7(8)5-9;1-2/h5-15H,1-4H3;1-11H;1-8H3;5-9H,1-4H3;1-6H;1H3/i5D,6D,7D,8D,9D,10D,11D,12D,13D,14D,15D;1D,2D,3D,4D,5D,6D,7D,8D,9D,10D,11D;;5D,6D,7D,8D,9D;1D,2D,3D,4D,5D,6D;1D. The Morgan fingerprint density at radius 2 is 0.607 bits per heavy atom. The van der Waals surface area contributed by atoms with Crippen LogP contribution >= 0.6 is 39.1 Å². The van der Waals surface area contributed by atoms with Crippen molar-refractivity contribution >= 4 is 111 Å². The van der Waals surface area contributed by atoms with Gasteiger partial charge in [-0.05, 0) is 225 Å². The lowest BCUT2D eigenvalue weighted by atomic mass is 9.49. The first-order valence-electron chi connectivity index (χ1n) is 44.7. The van der Waals surface area contributed by atoms with E-state index in [1.807, 2.05) is 83.1 Å². The Hall–Kier alpha value is -5.31. The molecule has 464 valence electrons. The predicted molar refractivity (Wildman–Crippen MR) is 378 cm³/mol. The molecular weight excluding hydrogens is 1220 g/mol. The van der Waals surface area contributed by atoms with Crippen LogP contribution in [0.3, 0.4) is 0 Å². The highest BCUT2D eigenvalue weighted by atomic mass is 79.9. The molecule has 0 aromatic heterocycles. The normalized spacial score (nSPS) is 24.4. The molecule has 0 N–H and O–H groups in total. The van der Waals surface area contributed by atoms with Crippen molar-refractivity contribution in [2.75, 3.05) is 7.15 Å². The van der Waals surface area contributed by atoms with Crippen LogP contribution in [0, 0.1) is 0 Å². The van der Waals surface area contributed by atoms with Crippen molar-refractivity contribution in [3.05, 3.63) is 214 Å². The molecule has 9 aromatic rings. The van der Waals surface area contributed by atoms with Crippen LogP contribution in [0.2, 0.25) is 10.0 Å². The van der Waals surface area contributed by atoms with E-state index >= 15 is 0 Å². The third-order valence-electron chi connectivity index (χ3n) is 15.8. The Morgan fingerprint density at radius 3 is 0.989 bits per heavy atom. The maximum Gasteiger partial charge on any atom is 0.494 e. The summed E-state index contributed by atoms with van der Waals surface area (Å²) in [6.45, 7) is 30.8. The SMILES string of the molecule is CC1(C)OB(B2OC(C)(C)C(C)(C)O2)OC1(C)C.[2H]CF.[2H]c1c(Br)c([2H])c2c([2H])c([2H])c(Cl)c([2H])c2c1[2H].[2H]c1c([2H])c([2H])c(-c2c([2H])c([2H])c3c([2H])c(B4OC(C)(C)C(C)(C)O4)c([2H])c([2H])c3c2[2H])c([2H])c1[2H].[2H]c1c([2H])c([2H])c(-c2c([2H])c([2H])c3c([2H])c(Cl)c([2H])c([2H])c3c2[2H])c([2H])c1[2H].[2H]c1c([2H])c([2H])c(B2OC(C)(C)C(C)(C)O2)c([2H])c1[2H]. The number of halogens is 4. The Balaban J connectivity index is 0.000000194. The molecule has 9 aromatic carbocycles. The Labute approximate surface area is 596 Å². The molecule has 4 aliphatic heterocycles. The first-order valence-corrected chi connectivity index (χ1v) is 29.1. The molecule has 89 heavy (non-hydrogen) atoms. The number of hydrogen-bond donors (Lipinski definition) is 0. The fraction of sp³-hybridized carbons (Fsp3) is 0.342. The summed E-state index contributed by atoms with van der Waals surface area (Å²) in [4.78, 5) is 0. The number of rotatable bonds is 5. The van der Waals surface area contributed by atoms with Crippen molar-refractivity contribution in [2.24, 2.45) is 0 Å². The minimum absolute atomic E-state index is 0.00211. The van der Waals surface area contributed by atoms with Gasteiger partial charge in [0, 0.05) is 14.5 Å². The summed E-state index contributed by atoms with van der Waals surface area (Å²) in [5.74, 6) is 0. The third-order valence-corrected chi connectivity index (χ3v) is 16.6. The molecule has 0 unspecified atom stereocenters. The lowest BCUT2D eigenvalue weighted by Gasteiger charge is -2.32. The van der Waals surface area contributed by atoms with Gasteiger partial charge in [-0.15, -0.1) is 0 Å². The fourth-order valence-electron chi connectivity index (χ4n) is 7.99. The summed E-state index contributed by atoms with van der Waals surface area (Å²) < 4.78 is 329. The van der Waals surface area contributed by atoms with Crippen molar-refractivity contribution in [2.45, 2.75) is 156 Å². The topological polar surface area (TPSA) is 73.8 Å². The van der Waals surface area contributed by atoms with Crippen molar-refractivity contribution in [3.63, 3.8) is 0 Å². The summed E-state index contributed by atoms with van der Waals surface area (Å²) >= 11 is 14.7. The molecule has 0 atom stereocenters. The monoisotopic (exact) mass is 1330 g/mol. The molecule has 4 fully saturated rings. The van der Waals surface area contributed by atoms with Gasteiger partial charge < -0.3 is 37.2 Å². The van der Waals surface area contributed by atoms with Crippen LogP contribution in [-0.4, -0.2) is 80.2 Å². The van der Waals surface area contributed by atoms with E-state index in [0.29, 0.717) is 0 Å². The van der Waals surface area contributed by atoms with Crippen molar-refractivity contribution in [3.8, 4) is 22.3 Å². The number of hydrogen-bond acceptors (Lipinski definition) is 8. The molecule has 0 amide bonds. The molecule has 4 heterocycles. The van der Waals surface area contributed by atoms with Crippen LogP contribution < -0.4 is 10.9 Å². The first-order chi connectivity index (χ1) is 56.0. The van der Waals surface area contributed by atoms with E-state index in [1.54, 1.807) is 27.7 Å². The van der Waals surface area contributed by atoms with E-state index in [4.69, 9.17) is 107 Å². The molecule has 0 aliphatic carbocycles. The van der Waals surface area contributed by atoms with Gasteiger partial charge >= 0.3 is 28.3 Å². The first kappa shape index (κ1) is 36.8. The molecule has 13 rings (SSSR count). The average Bonchev–Trinajstić information content (AvgIpc) is 1.69. The second-order valence-corrected chi connectivity index (χ2v) is 25.6.